The number of unbranched alkanes of at least 4 members (excludes halogenated alkanes) is 5. The minimum absolute atomic E-state index is 0.178. The number of aromatic hydroxyl groups is 1. The molecule has 178 valence electrons. The summed E-state index contributed by atoms with van der Waals surface area (Å²) in [6, 6.07) is 3.96. The van der Waals surface area contributed by atoms with E-state index in [2.05, 4.69) is 55.4 Å². The molecule has 0 amide bonds. The second-order valence-electron chi connectivity index (χ2n) is 11.7. The van der Waals surface area contributed by atoms with Crippen molar-refractivity contribution in [2.24, 2.45) is 5.92 Å². The predicted octanol–water partition coefficient (Wildman–Crippen LogP) is 8.02. The molecule has 3 nitrogen and oxygen atoms in total. The number of carbonyl (C=O) groups excluding carboxylic acids is 1. The molecule has 0 radical (unpaired) electrons. The Morgan fingerprint density at radius 1 is 0.839 bits per heavy atom. The molecule has 1 aromatic carbocycles. The Morgan fingerprint density at radius 3 is 1.74 bits per heavy atom. The zero-order valence-corrected chi connectivity index (χ0v) is 21.7. The fraction of sp³-hybridized carbons (Fsp3) is 0.750. The van der Waals surface area contributed by atoms with Crippen LogP contribution in [-0.4, -0.2) is 17.7 Å². The van der Waals surface area contributed by atoms with Gasteiger partial charge in [-0.25, -0.2) is 0 Å². The van der Waals surface area contributed by atoms with E-state index in [0.29, 0.717) is 12.4 Å². The van der Waals surface area contributed by atoms with Crippen molar-refractivity contribution >= 4 is 5.97 Å². The number of rotatable bonds is 11. The largest absolute Gasteiger partial charge is 0.507 e. The second-order valence-corrected chi connectivity index (χ2v) is 11.7. The molecule has 0 saturated carbocycles. The summed E-state index contributed by atoms with van der Waals surface area (Å²) in [5, 5.41) is 10.9. The van der Waals surface area contributed by atoms with Gasteiger partial charge in [-0.2, -0.15) is 0 Å². The highest BCUT2D eigenvalue weighted by Crippen LogP contribution is 2.41. The SMILES string of the molecule is CC(C)CCCCCCCCOC(=O)C(C)c1cc(C(C)(C)C)c(O)c(C(C)(C)C)c1. The lowest BCUT2D eigenvalue weighted by molar-refractivity contribution is -0.145. The van der Waals surface area contributed by atoms with Crippen molar-refractivity contribution < 1.29 is 14.6 Å². The fourth-order valence-corrected chi connectivity index (χ4v) is 3.85. The molecule has 1 rings (SSSR count). The van der Waals surface area contributed by atoms with Gasteiger partial charge in [-0.15, -0.1) is 0 Å². The van der Waals surface area contributed by atoms with Gasteiger partial charge in [0.2, 0.25) is 0 Å². The van der Waals surface area contributed by atoms with E-state index in [1.165, 1.54) is 32.1 Å². The van der Waals surface area contributed by atoms with Gasteiger partial charge in [0.1, 0.15) is 5.75 Å². The monoisotopic (exact) mass is 432 g/mol. The average Bonchev–Trinajstić information content (AvgIpc) is 2.63. The van der Waals surface area contributed by atoms with Gasteiger partial charge in [-0.1, -0.05) is 106 Å². The van der Waals surface area contributed by atoms with Gasteiger partial charge < -0.3 is 9.84 Å². The Bertz CT molecular complexity index is 654. The van der Waals surface area contributed by atoms with Crippen molar-refractivity contribution in [3.8, 4) is 5.75 Å². The van der Waals surface area contributed by atoms with E-state index < -0.39 is 0 Å². The number of phenols is 1. The molecule has 0 spiro atoms. The molecule has 0 aliphatic carbocycles. The Hall–Kier alpha value is -1.51. The average molecular weight is 433 g/mol. The van der Waals surface area contributed by atoms with Crippen LogP contribution in [0.25, 0.3) is 0 Å². The molecular weight excluding hydrogens is 384 g/mol. The molecule has 0 heterocycles. The van der Waals surface area contributed by atoms with Crippen LogP contribution in [0.15, 0.2) is 12.1 Å². The highest BCUT2D eigenvalue weighted by atomic mass is 16.5. The van der Waals surface area contributed by atoms with Crippen LogP contribution in [0.4, 0.5) is 0 Å². The predicted molar refractivity (Wildman–Crippen MR) is 132 cm³/mol. The van der Waals surface area contributed by atoms with Crippen LogP contribution in [-0.2, 0) is 20.4 Å². The molecule has 0 fully saturated rings. The van der Waals surface area contributed by atoms with Crippen LogP contribution in [0, 0.1) is 5.92 Å². The number of ether oxygens (including phenoxy) is 1. The lowest BCUT2D eigenvalue weighted by Crippen LogP contribution is -2.20. The molecule has 0 aromatic heterocycles. The summed E-state index contributed by atoms with van der Waals surface area (Å²) >= 11 is 0. The first-order valence-corrected chi connectivity index (χ1v) is 12.3. The van der Waals surface area contributed by atoms with Crippen LogP contribution < -0.4 is 0 Å². The lowest BCUT2D eigenvalue weighted by Gasteiger charge is -2.29. The minimum Gasteiger partial charge on any atom is -0.507 e. The highest BCUT2D eigenvalue weighted by Gasteiger charge is 2.29. The van der Waals surface area contributed by atoms with Crippen LogP contribution >= 0.6 is 0 Å². The smallest absolute Gasteiger partial charge is 0.313 e. The summed E-state index contributed by atoms with van der Waals surface area (Å²) in [5.74, 6) is 0.618. The maximum absolute atomic E-state index is 12.7. The van der Waals surface area contributed by atoms with Crippen LogP contribution in [0.2, 0.25) is 0 Å². The number of esters is 1. The van der Waals surface area contributed by atoms with Crippen molar-refractivity contribution in [3.63, 3.8) is 0 Å². The first-order chi connectivity index (χ1) is 14.2. The van der Waals surface area contributed by atoms with Crippen molar-refractivity contribution in [2.45, 2.75) is 124 Å². The quantitative estimate of drug-likeness (QED) is 0.284. The van der Waals surface area contributed by atoms with Crippen molar-refractivity contribution in [3.05, 3.63) is 28.8 Å². The van der Waals surface area contributed by atoms with Gasteiger partial charge in [-0.3, -0.25) is 4.79 Å². The minimum atomic E-state index is -0.348. The summed E-state index contributed by atoms with van der Waals surface area (Å²) in [6.45, 7) is 19.5. The van der Waals surface area contributed by atoms with Gasteiger partial charge in [0.15, 0.2) is 0 Å². The van der Waals surface area contributed by atoms with E-state index in [0.717, 1.165) is 35.4 Å². The van der Waals surface area contributed by atoms with E-state index in [-0.39, 0.29) is 22.7 Å². The summed E-state index contributed by atoms with van der Waals surface area (Å²) < 4.78 is 5.60. The Balaban J connectivity index is 2.66. The number of phenolic OH excluding ortho intramolecular Hbond substituents is 1. The lowest BCUT2D eigenvalue weighted by atomic mass is 9.77. The Morgan fingerprint density at radius 2 is 1.29 bits per heavy atom. The molecule has 31 heavy (non-hydrogen) atoms. The topological polar surface area (TPSA) is 46.5 Å². The maximum atomic E-state index is 12.7. The molecule has 0 aliphatic rings. The van der Waals surface area contributed by atoms with E-state index in [1.54, 1.807) is 0 Å². The molecule has 0 bridgehead atoms. The maximum Gasteiger partial charge on any atom is 0.313 e. The van der Waals surface area contributed by atoms with Crippen molar-refractivity contribution in [2.75, 3.05) is 6.61 Å². The molecule has 1 atom stereocenters. The van der Waals surface area contributed by atoms with E-state index in [9.17, 15) is 9.90 Å². The van der Waals surface area contributed by atoms with Gasteiger partial charge in [-0.05, 0) is 46.8 Å². The van der Waals surface area contributed by atoms with Gasteiger partial charge in [0.05, 0.1) is 12.5 Å². The third-order valence-corrected chi connectivity index (χ3v) is 6.02. The number of benzene rings is 1. The van der Waals surface area contributed by atoms with E-state index in [4.69, 9.17) is 4.74 Å². The fourth-order valence-electron chi connectivity index (χ4n) is 3.85. The van der Waals surface area contributed by atoms with E-state index in [1.807, 2.05) is 19.1 Å². The van der Waals surface area contributed by atoms with Gasteiger partial charge in [0, 0.05) is 0 Å². The molecule has 0 saturated heterocycles. The van der Waals surface area contributed by atoms with Crippen molar-refractivity contribution in [1.82, 2.24) is 0 Å². The Kier molecular flexibility index (Phi) is 10.6. The van der Waals surface area contributed by atoms with Crippen molar-refractivity contribution in [1.29, 1.82) is 0 Å². The third kappa shape index (κ3) is 9.25. The summed E-state index contributed by atoms with van der Waals surface area (Å²) in [5.41, 5.74) is 2.26. The standard InChI is InChI=1S/C28H48O3/c1-20(2)16-14-12-10-11-13-15-17-31-26(30)21(3)22-18-23(27(4,5)6)25(29)24(19-22)28(7,8)9/h18-21,29H,10-17H2,1-9H3. The number of carbonyl (C=O) groups is 1. The summed E-state index contributed by atoms with van der Waals surface area (Å²) in [6.07, 6.45) is 8.49. The van der Waals surface area contributed by atoms with E-state index >= 15 is 0 Å². The third-order valence-electron chi connectivity index (χ3n) is 6.02. The van der Waals surface area contributed by atoms with Gasteiger partial charge in [0.25, 0.3) is 0 Å². The number of hydrogen-bond acceptors (Lipinski definition) is 3. The first-order valence-electron chi connectivity index (χ1n) is 12.3. The molecule has 3 heteroatoms. The molecule has 0 aliphatic heterocycles. The molecule has 1 aromatic rings. The summed E-state index contributed by atoms with van der Waals surface area (Å²) in [7, 11) is 0. The van der Waals surface area contributed by atoms with Crippen LogP contribution in [0.5, 0.6) is 5.75 Å². The number of hydrogen-bond donors (Lipinski definition) is 1. The van der Waals surface area contributed by atoms with Gasteiger partial charge >= 0.3 is 5.97 Å². The highest BCUT2D eigenvalue weighted by molar-refractivity contribution is 5.78. The summed E-state index contributed by atoms with van der Waals surface area (Å²) in [4.78, 5) is 12.7. The first kappa shape index (κ1) is 27.5. The normalized spacial score (nSPS) is 13.5. The second kappa shape index (κ2) is 11.9. The zero-order chi connectivity index (χ0) is 23.8. The Labute approximate surface area is 192 Å². The molecule has 1 unspecified atom stereocenters. The zero-order valence-electron chi connectivity index (χ0n) is 21.7. The van der Waals surface area contributed by atoms with Crippen LogP contribution in [0.1, 0.15) is 130 Å². The molecular formula is C28H48O3. The molecule has 1 N–H and O–H groups in total. The van der Waals surface area contributed by atoms with Crippen LogP contribution in [0.3, 0.4) is 0 Å².